The average Bonchev–Trinajstić information content (AvgIpc) is 2.94. The SMILES string of the molecule is CCOc1ccc(C2=C(/C=N/NC(=O)c3ccncc3)[C@H](c3ccccc3)c3ccccc3O2)cc1. The second-order valence-corrected chi connectivity index (χ2v) is 8.16. The molecule has 1 N–H and O–H groups in total. The Hall–Kier alpha value is -4.71. The predicted octanol–water partition coefficient (Wildman–Crippen LogP) is 5.83. The van der Waals surface area contributed by atoms with Crippen LogP contribution in [0.4, 0.5) is 0 Å². The van der Waals surface area contributed by atoms with Crippen LogP contribution < -0.4 is 14.9 Å². The van der Waals surface area contributed by atoms with Crippen LogP contribution in [0.1, 0.15) is 39.9 Å². The number of carbonyl (C=O) groups is 1. The van der Waals surface area contributed by atoms with Crippen LogP contribution in [-0.4, -0.2) is 23.7 Å². The molecule has 0 aliphatic carbocycles. The maximum absolute atomic E-state index is 12.6. The van der Waals surface area contributed by atoms with Crippen molar-refractivity contribution < 1.29 is 14.3 Å². The summed E-state index contributed by atoms with van der Waals surface area (Å²) in [6.07, 6.45) is 4.82. The lowest BCUT2D eigenvalue weighted by Gasteiger charge is -2.30. The first kappa shape index (κ1) is 23.1. The molecule has 0 spiro atoms. The number of hydrogen-bond acceptors (Lipinski definition) is 5. The van der Waals surface area contributed by atoms with Gasteiger partial charge in [-0.25, -0.2) is 5.43 Å². The molecule has 36 heavy (non-hydrogen) atoms. The molecule has 6 heteroatoms. The fraction of sp³-hybridized carbons (Fsp3) is 0.100. The van der Waals surface area contributed by atoms with E-state index in [4.69, 9.17) is 9.47 Å². The minimum Gasteiger partial charge on any atom is -0.494 e. The van der Waals surface area contributed by atoms with E-state index in [2.05, 4.69) is 33.7 Å². The maximum Gasteiger partial charge on any atom is 0.271 e. The van der Waals surface area contributed by atoms with E-state index in [1.54, 1.807) is 30.7 Å². The summed E-state index contributed by atoms with van der Waals surface area (Å²) in [4.78, 5) is 16.5. The van der Waals surface area contributed by atoms with Gasteiger partial charge in [0.05, 0.1) is 12.8 Å². The Balaban J connectivity index is 1.59. The van der Waals surface area contributed by atoms with Crippen molar-refractivity contribution in [2.45, 2.75) is 12.8 Å². The molecule has 5 rings (SSSR count). The van der Waals surface area contributed by atoms with Crippen molar-refractivity contribution in [3.8, 4) is 11.5 Å². The molecule has 1 aliphatic rings. The Kier molecular flexibility index (Phi) is 6.85. The zero-order chi connectivity index (χ0) is 24.7. The third-order valence-electron chi connectivity index (χ3n) is 5.89. The number of benzene rings is 3. The largest absolute Gasteiger partial charge is 0.494 e. The van der Waals surface area contributed by atoms with Gasteiger partial charge in [-0.1, -0.05) is 48.5 Å². The summed E-state index contributed by atoms with van der Waals surface area (Å²) in [5.74, 6) is 1.79. The normalized spacial score (nSPS) is 14.8. The van der Waals surface area contributed by atoms with Gasteiger partial charge in [0.15, 0.2) is 0 Å². The quantitative estimate of drug-likeness (QED) is 0.270. The van der Waals surface area contributed by atoms with Crippen LogP contribution in [0.15, 0.2) is 114 Å². The van der Waals surface area contributed by atoms with E-state index in [-0.39, 0.29) is 11.8 Å². The van der Waals surface area contributed by atoms with Crippen molar-refractivity contribution in [3.05, 3.63) is 131 Å². The first-order valence-electron chi connectivity index (χ1n) is 11.8. The highest BCUT2D eigenvalue weighted by Crippen LogP contribution is 2.45. The molecule has 1 aliphatic heterocycles. The second-order valence-electron chi connectivity index (χ2n) is 8.16. The molecule has 0 unspecified atom stereocenters. The minimum atomic E-state index is -0.315. The van der Waals surface area contributed by atoms with Crippen LogP contribution in [0, 0.1) is 0 Å². The lowest BCUT2D eigenvalue weighted by molar-refractivity contribution is 0.0955. The second kappa shape index (κ2) is 10.7. The number of aromatic nitrogens is 1. The van der Waals surface area contributed by atoms with Gasteiger partial charge in [0.1, 0.15) is 17.3 Å². The smallest absolute Gasteiger partial charge is 0.271 e. The molecular formula is C30H25N3O3. The van der Waals surface area contributed by atoms with Crippen LogP contribution in [-0.2, 0) is 0 Å². The number of carbonyl (C=O) groups excluding carboxylic acids is 1. The van der Waals surface area contributed by atoms with E-state index in [1.807, 2.05) is 67.6 Å². The molecule has 1 amide bonds. The molecule has 0 saturated heterocycles. The molecule has 0 saturated carbocycles. The first-order valence-corrected chi connectivity index (χ1v) is 11.8. The van der Waals surface area contributed by atoms with Gasteiger partial charge in [0.2, 0.25) is 0 Å². The van der Waals surface area contributed by atoms with E-state index >= 15 is 0 Å². The zero-order valence-electron chi connectivity index (χ0n) is 19.8. The topological polar surface area (TPSA) is 72.8 Å². The lowest BCUT2D eigenvalue weighted by atomic mass is 9.81. The summed E-state index contributed by atoms with van der Waals surface area (Å²) in [7, 11) is 0. The van der Waals surface area contributed by atoms with E-state index in [9.17, 15) is 4.79 Å². The molecule has 6 nitrogen and oxygen atoms in total. The fourth-order valence-corrected chi connectivity index (χ4v) is 4.24. The van der Waals surface area contributed by atoms with Gasteiger partial charge in [-0.2, -0.15) is 5.10 Å². The maximum atomic E-state index is 12.6. The van der Waals surface area contributed by atoms with Crippen LogP contribution in [0.3, 0.4) is 0 Å². The van der Waals surface area contributed by atoms with E-state index in [1.165, 1.54) is 0 Å². The predicted molar refractivity (Wildman–Crippen MR) is 140 cm³/mol. The van der Waals surface area contributed by atoms with Crippen molar-refractivity contribution in [2.24, 2.45) is 5.10 Å². The Bertz CT molecular complexity index is 1400. The number of allylic oxidation sites excluding steroid dienone is 1. The number of pyridine rings is 1. The van der Waals surface area contributed by atoms with Crippen molar-refractivity contribution in [3.63, 3.8) is 0 Å². The number of hydrogen-bond donors (Lipinski definition) is 1. The van der Waals surface area contributed by atoms with E-state index < -0.39 is 0 Å². The van der Waals surface area contributed by atoms with Gasteiger partial charge in [0, 0.05) is 40.6 Å². The fourth-order valence-electron chi connectivity index (χ4n) is 4.24. The van der Waals surface area contributed by atoms with Crippen LogP contribution in [0.25, 0.3) is 5.76 Å². The van der Waals surface area contributed by atoms with Crippen LogP contribution in [0.5, 0.6) is 11.5 Å². The molecule has 2 heterocycles. The lowest BCUT2D eigenvalue weighted by Crippen LogP contribution is -2.21. The third kappa shape index (κ3) is 4.88. The molecule has 0 bridgehead atoms. The summed E-state index contributed by atoms with van der Waals surface area (Å²) >= 11 is 0. The number of ether oxygens (including phenoxy) is 2. The molecule has 0 fully saturated rings. The van der Waals surface area contributed by atoms with Crippen molar-refractivity contribution >= 4 is 17.9 Å². The highest BCUT2D eigenvalue weighted by atomic mass is 16.5. The monoisotopic (exact) mass is 475 g/mol. The summed E-state index contributed by atoms with van der Waals surface area (Å²) in [6, 6.07) is 29.3. The molecule has 0 radical (unpaired) electrons. The molecule has 178 valence electrons. The first-order chi connectivity index (χ1) is 17.7. The summed E-state index contributed by atoms with van der Waals surface area (Å²) in [5.41, 5.74) is 6.95. The van der Waals surface area contributed by atoms with E-state index in [0.717, 1.165) is 33.8 Å². The highest BCUT2D eigenvalue weighted by Gasteiger charge is 2.31. The van der Waals surface area contributed by atoms with Crippen molar-refractivity contribution in [1.82, 2.24) is 10.4 Å². The summed E-state index contributed by atoms with van der Waals surface area (Å²) in [6.45, 7) is 2.55. The Morgan fingerprint density at radius 1 is 0.972 bits per heavy atom. The molecular weight excluding hydrogens is 450 g/mol. The zero-order valence-corrected chi connectivity index (χ0v) is 19.8. The molecule has 1 atom stereocenters. The molecule has 3 aromatic carbocycles. The highest BCUT2D eigenvalue weighted by molar-refractivity contribution is 5.97. The number of para-hydroxylation sites is 1. The number of rotatable bonds is 7. The van der Waals surface area contributed by atoms with E-state index in [0.29, 0.717) is 17.9 Å². The number of hydrazone groups is 1. The van der Waals surface area contributed by atoms with Gasteiger partial charge < -0.3 is 9.47 Å². The van der Waals surface area contributed by atoms with Crippen LogP contribution >= 0.6 is 0 Å². The van der Waals surface area contributed by atoms with Gasteiger partial charge in [-0.15, -0.1) is 0 Å². The van der Waals surface area contributed by atoms with Crippen molar-refractivity contribution in [2.75, 3.05) is 6.61 Å². The van der Waals surface area contributed by atoms with Gasteiger partial charge in [0.25, 0.3) is 5.91 Å². The van der Waals surface area contributed by atoms with Gasteiger partial charge >= 0.3 is 0 Å². The Morgan fingerprint density at radius 2 is 1.69 bits per heavy atom. The number of amides is 1. The van der Waals surface area contributed by atoms with Crippen molar-refractivity contribution in [1.29, 1.82) is 0 Å². The van der Waals surface area contributed by atoms with Crippen LogP contribution in [0.2, 0.25) is 0 Å². The number of nitrogens with zero attached hydrogens (tertiary/aromatic N) is 2. The molecule has 1 aromatic heterocycles. The standard InChI is InChI=1S/C30H25N3O3/c1-2-35-24-14-12-22(13-15-24)29-26(20-32-33-30(34)23-16-18-31-19-17-23)28(21-8-4-3-5-9-21)25-10-6-7-11-27(25)36-29/h3-20,28H,2H2,1H3,(H,33,34)/b32-20+/t28-/m1/s1. The number of nitrogens with one attached hydrogen (secondary N) is 1. The van der Waals surface area contributed by atoms with Gasteiger partial charge in [-0.3, -0.25) is 9.78 Å². The molecule has 4 aromatic rings. The summed E-state index contributed by atoms with van der Waals surface area (Å²) < 4.78 is 12.1. The third-order valence-corrected chi connectivity index (χ3v) is 5.89. The number of fused-ring (bicyclic) bond motifs is 1. The minimum absolute atomic E-state index is 0.140. The Morgan fingerprint density at radius 3 is 2.44 bits per heavy atom. The Labute approximate surface area is 209 Å². The van der Waals surface area contributed by atoms with Gasteiger partial charge in [-0.05, 0) is 55.0 Å². The summed E-state index contributed by atoms with van der Waals surface area (Å²) in [5, 5.41) is 4.34. The average molecular weight is 476 g/mol.